The molecule has 0 bridgehead atoms. The maximum absolute atomic E-state index is 12.8. The minimum absolute atomic E-state index is 0.245. The van der Waals surface area contributed by atoms with Crippen LogP contribution in [0.4, 0.5) is 0 Å². The third kappa shape index (κ3) is 3.23. The van der Waals surface area contributed by atoms with Crippen LogP contribution in [0.5, 0.6) is 0 Å². The van der Waals surface area contributed by atoms with E-state index in [2.05, 4.69) is 33.0 Å². The van der Waals surface area contributed by atoms with E-state index in [9.17, 15) is 9.59 Å². The topological polar surface area (TPSA) is 64.0 Å². The fourth-order valence-electron chi connectivity index (χ4n) is 2.20. The van der Waals surface area contributed by atoms with Crippen molar-refractivity contribution in [2.24, 2.45) is 0 Å². The highest BCUT2D eigenvalue weighted by atomic mass is 127. The number of aromatic nitrogens is 2. The lowest BCUT2D eigenvalue weighted by Gasteiger charge is -2.14. The molecule has 0 radical (unpaired) electrons. The zero-order valence-electron chi connectivity index (χ0n) is 11.8. The molecule has 0 unspecified atom stereocenters. The molecule has 0 saturated heterocycles. The summed E-state index contributed by atoms with van der Waals surface area (Å²) >= 11 is 7.67. The second-order valence-corrected chi connectivity index (χ2v) is 6.28. The van der Waals surface area contributed by atoms with Gasteiger partial charge in [0.15, 0.2) is 5.82 Å². The average Bonchev–Trinajstić information content (AvgIpc) is 2.58. The predicted molar refractivity (Wildman–Crippen MR) is 99.2 cm³/mol. The molecule has 1 N–H and O–H groups in total. The molecule has 116 valence electrons. The number of alkyl halides is 1. The molecule has 1 heterocycles. The minimum Gasteiger partial charge on any atom is -0.272 e. The summed E-state index contributed by atoms with van der Waals surface area (Å²) in [6.07, 6.45) is 0. The van der Waals surface area contributed by atoms with Crippen molar-refractivity contribution >= 4 is 51.0 Å². The molecule has 1 amide bonds. The van der Waals surface area contributed by atoms with Gasteiger partial charge >= 0.3 is 0 Å². The van der Waals surface area contributed by atoms with Crippen LogP contribution in [0.3, 0.4) is 0 Å². The summed E-state index contributed by atoms with van der Waals surface area (Å²) in [6.45, 7) is 0. The van der Waals surface area contributed by atoms with E-state index in [-0.39, 0.29) is 11.4 Å². The zero-order valence-corrected chi connectivity index (χ0v) is 14.7. The van der Waals surface area contributed by atoms with Gasteiger partial charge in [-0.25, -0.2) is 4.98 Å². The maximum Gasteiger partial charge on any atom is 0.280 e. The average molecular weight is 440 g/mol. The van der Waals surface area contributed by atoms with Gasteiger partial charge in [0, 0.05) is 9.13 Å². The van der Waals surface area contributed by atoms with Crippen molar-refractivity contribution in [3.63, 3.8) is 0 Å². The van der Waals surface area contributed by atoms with Crippen LogP contribution >= 0.6 is 34.2 Å². The molecular formula is C16H11ClIN3O2. The number of benzene rings is 2. The Labute approximate surface area is 150 Å². The van der Waals surface area contributed by atoms with Gasteiger partial charge in [0.1, 0.15) is 5.88 Å². The van der Waals surface area contributed by atoms with E-state index in [1.165, 1.54) is 0 Å². The van der Waals surface area contributed by atoms with Crippen LogP contribution in [0.2, 0.25) is 0 Å². The van der Waals surface area contributed by atoms with E-state index in [1.54, 1.807) is 12.1 Å². The van der Waals surface area contributed by atoms with E-state index in [0.29, 0.717) is 16.7 Å². The van der Waals surface area contributed by atoms with Crippen LogP contribution in [-0.2, 0) is 4.79 Å². The largest absolute Gasteiger partial charge is 0.280 e. The van der Waals surface area contributed by atoms with Crippen LogP contribution < -0.4 is 11.0 Å². The Kier molecular flexibility index (Phi) is 4.63. The third-order valence-corrected chi connectivity index (χ3v) is 4.13. The van der Waals surface area contributed by atoms with E-state index in [1.807, 2.05) is 36.4 Å². The van der Waals surface area contributed by atoms with Crippen molar-refractivity contribution in [3.8, 4) is 11.4 Å². The second-order valence-electron chi connectivity index (χ2n) is 4.77. The highest BCUT2D eigenvalue weighted by molar-refractivity contribution is 14.1. The predicted octanol–water partition coefficient (Wildman–Crippen LogP) is 2.98. The molecule has 0 spiro atoms. The number of amides is 1. The lowest BCUT2D eigenvalue weighted by atomic mass is 10.2. The van der Waals surface area contributed by atoms with Crippen LogP contribution in [0, 0.1) is 3.57 Å². The van der Waals surface area contributed by atoms with E-state index in [0.717, 1.165) is 13.8 Å². The molecule has 0 saturated carbocycles. The first-order chi connectivity index (χ1) is 11.1. The molecule has 5 nitrogen and oxygen atoms in total. The quantitative estimate of drug-likeness (QED) is 0.504. The van der Waals surface area contributed by atoms with Crippen LogP contribution in [0.15, 0.2) is 53.3 Å². The van der Waals surface area contributed by atoms with Crippen LogP contribution in [0.1, 0.15) is 0 Å². The number of rotatable bonds is 3. The fourth-order valence-corrected chi connectivity index (χ4v) is 2.75. The Balaban J connectivity index is 2.32. The number of nitrogens with one attached hydrogen (secondary N) is 1. The summed E-state index contributed by atoms with van der Waals surface area (Å²) in [5.74, 6) is -0.356. The Morgan fingerprint density at radius 1 is 1.22 bits per heavy atom. The standard InChI is InChI=1S/C16H11ClIN3O2/c17-9-14(22)20-21-15(10-4-2-1-3-5-10)19-13-7-6-11(18)8-12(13)16(21)23/h1-8H,9H2,(H,20,22). The van der Waals surface area contributed by atoms with E-state index in [4.69, 9.17) is 11.6 Å². The van der Waals surface area contributed by atoms with Gasteiger partial charge in [-0.05, 0) is 40.8 Å². The van der Waals surface area contributed by atoms with Gasteiger partial charge in [0.25, 0.3) is 11.5 Å². The second kappa shape index (κ2) is 6.67. The van der Waals surface area contributed by atoms with Crippen molar-refractivity contribution < 1.29 is 4.79 Å². The van der Waals surface area contributed by atoms with Gasteiger partial charge in [-0.3, -0.25) is 15.0 Å². The van der Waals surface area contributed by atoms with Gasteiger partial charge in [-0.15, -0.1) is 11.6 Å². The summed E-state index contributed by atoms with van der Waals surface area (Å²) in [5.41, 5.74) is 3.46. The van der Waals surface area contributed by atoms with Crippen LogP contribution in [0.25, 0.3) is 22.3 Å². The normalized spacial score (nSPS) is 10.7. The number of hydrogen-bond donors (Lipinski definition) is 1. The Morgan fingerprint density at radius 2 is 1.96 bits per heavy atom. The lowest BCUT2D eigenvalue weighted by molar-refractivity contribution is -0.114. The first-order valence-electron chi connectivity index (χ1n) is 6.73. The van der Waals surface area contributed by atoms with Crippen molar-refractivity contribution in [2.45, 2.75) is 0 Å². The number of carbonyl (C=O) groups is 1. The number of hydrogen-bond acceptors (Lipinski definition) is 3. The third-order valence-electron chi connectivity index (χ3n) is 3.22. The van der Waals surface area contributed by atoms with Gasteiger partial charge in [-0.1, -0.05) is 30.3 Å². The first-order valence-corrected chi connectivity index (χ1v) is 8.35. The van der Waals surface area contributed by atoms with Gasteiger partial charge < -0.3 is 0 Å². The smallest absolute Gasteiger partial charge is 0.272 e. The van der Waals surface area contributed by atoms with Crippen molar-refractivity contribution in [3.05, 3.63) is 62.5 Å². The maximum atomic E-state index is 12.8. The van der Waals surface area contributed by atoms with Crippen molar-refractivity contribution in [2.75, 3.05) is 11.3 Å². The van der Waals surface area contributed by atoms with Crippen LogP contribution in [-0.4, -0.2) is 21.4 Å². The number of fused-ring (bicyclic) bond motifs is 1. The molecule has 7 heteroatoms. The summed E-state index contributed by atoms with van der Waals surface area (Å²) in [6, 6.07) is 14.6. The Hall–Kier alpha value is -1.93. The Bertz CT molecular complexity index is 941. The monoisotopic (exact) mass is 439 g/mol. The molecule has 2 aromatic carbocycles. The molecule has 0 aliphatic heterocycles. The highest BCUT2D eigenvalue weighted by Gasteiger charge is 2.14. The summed E-state index contributed by atoms with van der Waals surface area (Å²) in [7, 11) is 0. The molecule has 3 rings (SSSR count). The van der Waals surface area contributed by atoms with Crippen molar-refractivity contribution in [1.29, 1.82) is 0 Å². The van der Waals surface area contributed by atoms with Gasteiger partial charge in [0.2, 0.25) is 0 Å². The zero-order chi connectivity index (χ0) is 16.4. The summed E-state index contributed by atoms with van der Waals surface area (Å²) < 4.78 is 2.06. The molecular weight excluding hydrogens is 429 g/mol. The minimum atomic E-state index is -0.474. The van der Waals surface area contributed by atoms with Gasteiger partial charge in [-0.2, -0.15) is 4.68 Å². The molecule has 0 atom stereocenters. The molecule has 1 aromatic heterocycles. The molecule has 0 aliphatic carbocycles. The van der Waals surface area contributed by atoms with Crippen molar-refractivity contribution in [1.82, 2.24) is 9.66 Å². The van der Waals surface area contributed by atoms with E-state index >= 15 is 0 Å². The Morgan fingerprint density at radius 3 is 2.65 bits per heavy atom. The molecule has 3 aromatic rings. The number of halogens is 2. The van der Waals surface area contributed by atoms with Gasteiger partial charge in [0.05, 0.1) is 10.9 Å². The highest BCUT2D eigenvalue weighted by Crippen LogP contribution is 2.19. The molecule has 0 fully saturated rings. The summed E-state index contributed by atoms with van der Waals surface area (Å²) in [5, 5.41) is 0.437. The SMILES string of the molecule is O=C(CCl)Nn1c(-c2ccccc2)nc2ccc(I)cc2c1=O. The first kappa shape index (κ1) is 15.9. The summed E-state index contributed by atoms with van der Waals surface area (Å²) in [4.78, 5) is 29.0. The van der Waals surface area contributed by atoms with E-state index < -0.39 is 5.91 Å². The molecule has 23 heavy (non-hydrogen) atoms. The molecule has 0 aliphatic rings. The lowest BCUT2D eigenvalue weighted by Crippen LogP contribution is -2.35. The number of carbonyl (C=O) groups excluding carboxylic acids is 1. The number of nitrogens with zero attached hydrogens (tertiary/aromatic N) is 2. The fraction of sp³-hybridized carbons (Fsp3) is 0.0625.